The second-order valence-electron chi connectivity index (χ2n) is 3.29. The number of aromatic hydroxyl groups is 1. The highest BCUT2D eigenvalue weighted by atomic mass is 127. The molecule has 0 saturated heterocycles. The number of hydrogen-bond acceptors (Lipinski definition) is 2. The number of benzene rings is 1. The summed E-state index contributed by atoms with van der Waals surface area (Å²) in [5, 5.41) is 12.1. The molecule has 0 saturated carbocycles. The molecular weight excluding hydrogens is 293 g/mol. The van der Waals surface area contributed by atoms with E-state index in [2.05, 4.69) is 5.32 Å². The number of carbonyl (C=O) groups excluding carboxylic acids is 1. The Kier molecular flexibility index (Phi) is 3.74. The number of amides is 1. The van der Waals surface area contributed by atoms with Crippen LogP contribution in [0.3, 0.4) is 0 Å². The topological polar surface area (TPSA) is 49.3 Å². The SMILES string of the molecule is CC(C)NC(=O)c1ccc(I)c(O)c1. The van der Waals surface area contributed by atoms with Crippen molar-refractivity contribution in [1.82, 2.24) is 5.32 Å². The zero-order valence-corrected chi connectivity index (χ0v) is 10.2. The minimum absolute atomic E-state index is 0.101. The maximum absolute atomic E-state index is 11.5. The molecule has 76 valence electrons. The number of carbonyl (C=O) groups is 1. The number of hydrogen-bond donors (Lipinski definition) is 2. The lowest BCUT2D eigenvalue weighted by atomic mass is 10.2. The lowest BCUT2D eigenvalue weighted by molar-refractivity contribution is 0.0942. The molecule has 0 radical (unpaired) electrons. The number of nitrogens with one attached hydrogen (secondary N) is 1. The van der Waals surface area contributed by atoms with Crippen LogP contribution in [0.2, 0.25) is 0 Å². The van der Waals surface area contributed by atoms with E-state index in [1.807, 2.05) is 36.4 Å². The molecule has 2 N–H and O–H groups in total. The fourth-order valence-electron chi connectivity index (χ4n) is 0.999. The molecule has 14 heavy (non-hydrogen) atoms. The molecule has 0 unspecified atom stereocenters. The summed E-state index contributed by atoms with van der Waals surface area (Å²) in [6, 6.07) is 4.98. The van der Waals surface area contributed by atoms with Gasteiger partial charge in [0.1, 0.15) is 5.75 Å². The Morgan fingerprint density at radius 3 is 2.64 bits per heavy atom. The van der Waals surface area contributed by atoms with Crippen LogP contribution >= 0.6 is 22.6 Å². The van der Waals surface area contributed by atoms with E-state index in [0.29, 0.717) is 5.56 Å². The van der Waals surface area contributed by atoms with Crippen molar-refractivity contribution in [2.45, 2.75) is 19.9 Å². The number of halogens is 1. The lowest BCUT2D eigenvalue weighted by Crippen LogP contribution is -2.29. The Morgan fingerprint density at radius 1 is 1.50 bits per heavy atom. The van der Waals surface area contributed by atoms with Gasteiger partial charge in [-0.25, -0.2) is 0 Å². The van der Waals surface area contributed by atoms with Crippen molar-refractivity contribution in [1.29, 1.82) is 0 Å². The van der Waals surface area contributed by atoms with E-state index in [1.165, 1.54) is 6.07 Å². The Bertz CT molecular complexity index is 350. The van der Waals surface area contributed by atoms with Crippen LogP contribution in [-0.2, 0) is 0 Å². The van der Waals surface area contributed by atoms with Gasteiger partial charge in [0.05, 0.1) is 3.57 Å². The molecule has 0 aliphatic rings. The standard InChI is InChI=1S/C10H12INO2/c1-6(2)12-10(14)7-3-4-8(11)9(13)5-7/h3-6,13H,1-2H3,(H,12,14). The van der Waals surface area contributed by atoms with Gasteiger partial charge in [0.25, 0.3) is 5.91 Å². The van der Waals surface area contributed by atoms with Gasteiger partial charge in [-0.3, -0.25) is 4.79 Å². The molecule has 0 spiro atoms. The van der Waals surface area contributed by atoms with Crippen molar-refractivity contribution < 1.29 is 9.90 Å². The first-order chi connectivity index (χ1) is 6.50. The minimum atomic E-state index is -0.160. The molecular formula is C10H12INO2. The molecule has 0 atom stereocenters. The second kappa shape index (κ2) is 4.63. The third kappa shape index (κ3) is 2.87. The van der Waals surface area contributed by atoms with Crippen LogP contribution < -0.4 is 5.32 Å². The zero-order chi connectivity index (χ0) is 10.7. The van der Waals surface area contributed by atoms with E-state index in [-0.39, 0.29) is 17.7 Å². The fourth-order valence-corrected chi connectivity index (χ4v) is 1.33. The number of phenols is 1. The maximum atomic E-state index is 11.5. The van der Waals surface area contributed by atoms with Crippen LogP contribution in [0.25, 0.3) is 0 Å². The first-order valence-corrected chi connectivity index (χ1v) is 5.38. The predicted molar refractivity (Wildman–Crippen MR) is 63.4 cm³/mol. The molecule has 0 bridgehead atoms. The molecule has 0 fully saturated rings. The van der Waals surface area contributed by atoms with E-state index in [0.717, 1.165) is 3.57 Å². The Balaban J connectivity index is 2.86. The van der Waals surface area contributed by atoms with Crippen LogP contribution in [-0.4, -0.2) is 17.1 Å². The summed E-state index contributed by atoms with van der Waals surface area (Å²) in [6.45, 7) is 3.79. The monoisotopic (exact) mass is 305 g/mol. The maximum Gasteiger partial charge on any atom is 0.251 e. The van der Waals surface area contributed by atoms with Gasteiger partial charge < -0.3 is 10.4 Å². The molecule has 1 aromatic rings. The largest absolute Gasteiger partial charge is 0.507 e. The summed E-state index contributed by atoms with van der Waals surface area (Å²) in [7, 11) is 0. The molecule has 4 heteroatoms. The van der Waals surface area contributed by atoms with Crippen molar-refractivity contribution in [2.75, 3.05) is 0 Å². The van der Waals surface area contributed by atoms with Gasteiger partial charge in [-0.15, -0.1) is 0 Å². The fraction of sp³-hybridized carbons (Fsp3) is 0.300. The Labute approximate surface area is 96.7 Å². The van der Waals surface area contributed by atoms with Crippen molar-refractivity contribution in [3.8, 4) is 5.75 Å². The molecule has 1 amide bonds. The normalized spacial score (nSPS) is 10.3. The van der Waals surface area contributed by atoms with E-state index >= 15 is 0 Å². The Hall–Kier alpha value is -0.780. The molecule has 1 aromatic carbocycles. The first-order valence-electron chi connectivity index (χ1n) is 4.30. The van der Waals surface area contributed by atoms with Gasteiger partial charge in [-0.1, -0.05) is 0 Å². The molecule has 0 aromatic heterocycles. The summed E-state index contributed by atoms with van der Waals surface area (Å²) in [6.07, 6.45) is 0. The molecule has 1 rings (SSSR count). The van der Waals surface area contributed by atoms with E-state index in [4.69, 9.17) is 0 Å². The molecule has 3 nitrogen and oxygen atoms in total. The average molecular weight is 305 g/mol. The van der Waals surface area contributed by atoms with Gasteiger partial charge >= 0.3 is 0 Å². The summed E-state index contributed by atoms with van der Waals surface area (Å²) < 4.78 is 0.740. The number of rotatable bonds is 2. The number of phenolic OH excluding ortho intramolecular Hbond substituents is 1. The first kappa shape index (κ1) is 11.3. The third-order valence-electron chi connectivity index (χ3n) is 1.63. The summed E-state index contributed by atoms with van der Waals surface area (Å²) in [5.74, 6) is -0.0197. The van der Waals surface area contributed by atoms with Crippen molar-refractivity contribution in [3.05, 3.63) is 27.3 Å². The van der Waals surface area contributed by atoms with E-state index < -0.39 is 0 Å². The van der Waals surface area contributed by atoms with Crippen molar-refractivity contribution in [2.24, 2.45) is 0 Å². The van der Waals surface area contributed by atoms with Crippen LogP contribution in [0, 0.1) is 3.57 Å². The molecule has 0 aliphatic heterocycles. The van der Waals surface area contributed by atoms with Gasteiger partial charge in [-0.2, -0.15) is 0 Å². The smallest absolute Gasteiger partial charge is 0.251 e. The third-order valence-corrected chi connectivity index (χ3v) is 2.54. The Morgan fingerprint density at radius 2 is 2.14 bits per heavy atom. The van der Waals surface area contributed by atoms with Crippen LogP contribution in [0.4, 0.5) is 0 Å². The average Bonchev–Trinajstić information content (AvgIpc) is 2.08. The van der Waals surface area contributed by atoms with Crippen LogP contribution in [0.1, 0.15) is 24.2 Å². The van der Waals surface area contributed by atoms with E-state index in [1.54, 1.807) is 12.1 Å². The van der Waals surface area contributed by atoms with Crippen molar-refractivity contribution >= 4 is 28.5 Å². The molecule has 0 heterocycles. The van der Waals surface area contributed by atoms with Crippen molar-refractivity contribution in [3.63, 3.8) is 0 Å². The lowest BCUT2D eigenvalue weighted by Gasteiger charge is -2.08. The van der Waals surface area contributed by atoms with Crippen LogP contribution in [0.15, 0.2) is 18.2 Å². The van der Waals surface area contributed by atoms with Gasteiger partial charge in [-0.05, 0) is 54.6 Å². The quantitative estimate of drug-likeness (QED) is 0.823. The zero-order valence-electron chi connectivity index (χ0n) is 8.04. The summed E-state index contributed by atoms with van der Waals surface area (Å²) in [4.78, 5) is 11.5. The minimum Gasteiger partial charge on any atom is -0.507 e. The second-order valence-corrected chi connectivity index (χ2v) is 4.46. The highest BCUT2D eigenvalue weighted by Crippen LogP contribution is 2.20. The van der Waals surface area contributed by atoms with Gasteiger partial charge in [0, 0.05) is 11.6 Å². The summed E-state index contributed by atoms with van der Waals surface area (Å²) in [5.41, 5.74) is 0.483. The highest BCUT2D eigenvalue weighted by molar-refractivity contribution is 14.1. The highest BCUT2D eigenvalue weighted by Gasteiger charge is 2.08. The van der Waals surface area contributed by atoms with Gasteiger partial charge in [0.2, 0.25) is 0 Å². The van der Waals surface area contributed by atoms with Crippen LogP contribution in [0.5, 0.6) is 5.75 Å². The summed E-state index contributed by atoms with van der Waals surface area (Å²) >= 11 is 2.01. The van der Waals surface area contributed by atoms with Gasteiger partial charge in [0.15, 0.2) is 0 Å². The van der Waals surface area contributed by atoms with E-state index in [9.17, 15) is 9.90 Å². The predicted octanol–water partition coefficient (Wildman–Crippen LogP) is 2.13. The molecule has 0 aliphatic carbocycles.